The van der Waals surface area contributed by atoms with E-state index in [0.29, 0.717) is 5.54 Å². The summed E-state index contributed by atoms with van der Waals surface area (Å²) < 4.78 is 0. The number of hydrogen-bond donors (Lipinski definition) is 1. The second-order valence-electron chi connectivity index (χ2n) is 9.06. The first-order valence-corrected chi connectivity index (χ1v) is 14.1. The van der Waals surface area contributed by atoms with Crippen LogP contribution in [0.5, 0.6) is 0 Å². The molecule has 0 aromatic carbocycles. The van der Waals surface area contributed by atoms with E-state index < -0.39 is 8.80 Å². The second-order valence-corrected chi connectivity index (χ2v) is 12.4. The molecule has 2 unspecified atom stereocenters. The van der Waals surface area contributed by atoms with Gasteiger partial charge in [0.05, 0.1) is 5.41 Å². The van der Waals surface area contributed by atoms with Crippen LogP contribution in [0.1, 0.15) is 90.9 Å². The molecule has 0 bridgehead atoms. The second kappa shape index (κ2) is 9.92. The summed E-state index contributed by atoms with van der Waals surface area (Å²) in [7, 11) is -1.01. The highest BCUT2D eigenvalue weighted by atomic mass is 28.3. The number of carbonyl (C=O) groups is 1. The van der Waals surface area contributed by atoms with Gasteiger partial charge in [-0.05, 0) is 37.3 Å². The molecule has 0 heterocycles. The van der Waals surface area contributed by atoms with Crippen LogP contribution in [0.3, 0.4) is 0 Å². The fourth-order valence-electron chi connectivity index (χ4n) is 5.50. The van der Waals surface area contributed by atoms with Gasteiger partial charge >= 0.3 is 0 Å². The number of rotatable bonds is 4. The summed E-state index contributed by atoms with van der Waals surface area (Å²) in [6.07, 6.45) is 17.0. The quantitative estimate of drug-likeness (QED) is 0.577. The van der Waals surface area contributed by atoms with E-state index in [-0.39, 0.29) is 11.3 Å². The van der Waals surface area contributed by atoms with Gasteiger partial charge < -0.3 is 5.73 Å². The zero-order valence-electron chi connectivity index (χ0n) is 17.7. The topological polar surface area (TPSA) is 43.1 Å². The Morgan fingerprint density at radius 2 is 1.69 bits per heavy atom. The van der Waals surface area contributed by atoms with E-state index >= 15 is 0 Å². The molecule has 3 heteroatoms. The van der Waals surface area contributed by atoms with Crippen LogP contribution >= 0.6 is 0 Å². The number of carbonyl (C=O) groups excluding carboxylic acids is 1. The molecule has 0 aromatic heterocycles. The van der Waals surface area contributed by atoms with E-state index in [1.165, 1.54) is 68.1 Å². The Morgan fingerprint density at radius 3 is 2.19 bits per heavy atom. The van der Waals surface area contributed by atoms with Crippen molar-refractivity contribution in [3.63, 3.8) is 0 Å². The molecule has 0 radical (unpaired) electrons. The maximum atomic E-state index is 13.1. The van der Waals surface area contributed by atoms with Crippen LogP contribution in [0.25, 0.3) is 0 Å². The van der Waals surface area contributed by atoms with Crippen LogP contribution in [-0.2, 0) is 4.79 Å². The summed E-state index contributed by atoms with van der Waals surface area (Å²) in [5, 5.41) is 0. The first-order chi connectivity index (χ1) is 12.4. The molecule has 0 spiro atoms. The minimum absolute atomic E-state index is 0.0304. The minimum Gasteiger partial charge on any atom is -0.369 e. The molecule has 2 N–H and O–H groups in total. The highest BCUT2D eigenvalue weighted by molar-refractivity contribution is 6.58. The average molecular weight is 376 g/mol. The minimum atomic E-state index is -1.01. The van der Waals surface area contributed by atoms with Crippen molar-refractivity contribution in [1.29, 1.82) is 0 Å². The van der Waals surface area contributed by atoms with Gasteiger partial charge in [0.15, 0.2) is 0 Å². The third kappa shape index (κ3) is 4.71. The number of amides is 1. The van der Waals surface area contributed by atoms with E-state index in [1.54, 1.807) is 0 Å². The van der Waals surface area contributed by atoms with Crippen molar-refractivity contribution in [2.45, 2.75) is 110 Å². The molecular formula is C23H41NOSi. The third-order valence-corrected chi connectivity index (χ3v) is 9.53. The first-order valence-electron chi connectivity index (χ1n) is 11.1. The average Bonchev–Trinajstić information content (AvgIpc) is 2.96. The fourth-order valence-corrected chi connectivity index (χ4v) is 8.09. The third-order valence-electron chi connectivity index (χ3n) is 7.02. The highest BCUT2D eigenvalue weighted by Gasteiger charge is 2.48. The van der Waals surface area contributed by atoms with Crippen LogP contribution in [0.15, 0.2) is 22.8 Å². The van der Waals surface area contributed by atoms with Crippen molar-refractivity contribution < 1.29 is 4.79 Å². The van der Waals surface area contributed by atoms with E-state index in [2.05, 4.69) is 33.0 Å². The lowest BCUT2D eigenvalue weighted by Crippen LogP contribution is -2.46. The molecule has 0 aliphatic heterocycles. The summed E-state index contributed by atoms with van der Waals surface area (Å²) in [4.78, 5) is 13.1. The predicted octanol–water partition coefficient (Wildman–Crippen LogP) is 6.29. The lowest BCUT2D eigenvalue weighted by atomic mass is 9.69. The van der Waals surface area contributed by atoms with Crippen LogP contribution in [0.4, 0.5) is 0 Å². The monoisotopic (exact) mass is 375 g/mol. The van der Waals surface area contributed by atoms with Gasteiger partial charge in [-0.15, -0.1) is 0 Å². The molecule has 1 amide bonds. The van der Waals surface area contributed by atoms with E-state index in [1.807, 2.05) is 0 Å². The Bertz CT molecular complexity index is 548. The molecule has 26 heavy (non-hydrogen) atoms. The van der Waals surface area contributed by atoms with Gasteiger partial charge in [0.2, 0.25) is 5.91 Å². The lowest BCUT2D eigenvalue weighted by Gasteiger charge is -2.42. The maximum absolute atomic E-state index is 13.1. The molecule has 0 aromatic rings. The Kier molecular flexibility index (Phi) is 8.19. The van der Waals surface area contributed by atoms with Crippen molar-refractivity contribution in [2.75, 3.05) is 0 Å². The Hall–Kier alpha value is -0.833. The molecule has 148 valence electrons. The predicted molar refractivity (Wildman–Crippen MR) is 116 cm³/mol. The maximum Gasteiger partial charge on any atom is 0.227 e. The van der Waals surface area contributed by atoms with Gasteiger partial charge in [0, 0.05) is 8.80 Å². The molecular weight excluding hydrogens is 334 g/mol. The number of primary amides is 1. The normalized spacial score (nSPS) is 29.3. The molecule has 2 rings (SSSR count). The molecule has 0 saturated heterocycles. The van der Waals surface area contributed by atoms with Crippen LogP contribution < -0.4 is 5.73 Å². The SMILES string of the molecule is CCC1=C(C)CC(C2(C(N)=O)CCCCCCCCCCC2[SiH](C)C)=C1. The summed E-state index contributed by atoms with van der Waals surface area (Å²) >= 11 is 0. The molecule has 2 aliphatic carbocycles. The van der Waals surface area contributed by atoms with Gasteiger partial charge in [0.1, 0.15) is 0 Å². The summed E-state index contributed by atoms with van der Waals surface area (Å²) in [5.74, 6) is -0.0304. The molecule has 2 aliphatic rings. The smallest absolute Gasteiger partial charge is 0.227 e. The largest absolute Gasteiger partial charge is 0.369 e. The molecule has 2 atom stereocenters. The number of allylic oxidation sites excluding steroid dienone is 3. The Morgan fingerprint density at radius 1 is 1.12 bits per heavy atom. The van der Waals surface area contributed by atoms with E-state index in [0.717, 1.165) is 25.7 Å². The zero-order valence-corrected chi connectivity index (χ0v) is 18.9. The summed E-state index contributed by atoms with van der Waals surface area (Å²) in [5.41, 5.74) is 10.6. The zero-order chi connectivity index (χ0) is 19.2. The van der Waals surface area contributed by atoms with E-state index in [9.17, 15) is 4.79 Å². The van der Waals surface area contributed by atoms with Crippen molar-refractivity contribution in [2.24, 2.45) is 11.1 Å². The molecule has 1 fully saturated rings. The van der Waals surface area contributed by atoms with Crippen LogP contribution in [-0.4, -0.2) is 14.7 Å². The summed E-state index contributed by atoms with van der Waals surface area (Å²) in [6, 6.07) is 0. The highest BCUT2D eigenvalue weighted by Crippen LogP contribution is 2.52. The van der Waals surface area contributed by atoms with Gasteiger partial charge in [-0.25, -0.2) is 0 Å². The Labute approximate surface area is 163 Å². The fraction of sp³-hybridized carbons (Fsp3) is 0.783. The van der Waals surface area contributed by atoms with E-state index in [4.69, 9.17) is 5.73 Å². The van der Waals surface area contributed by atoms with Crippen molar-refractivity contribution in [3.05, 3.63) is 22.8 Å². The molecule has 1 saturated carbocycles. The summed E-state index contributed by atoms with van der Waals surface area (Å²) in [6.45, 7) is 9.34. The van der Waals surface area contributed by atoms with Gasteiger partial charge in [0.25, 0.3) is 0 Å². The lowest BCUT2D eigenvalue weighted by molar-refractivity contribution is -0.126. The van der Waals surface area contributed by atoms with Gasteiger partial charge in [-0.2, -0.15) is 0 Å². The number of hydrogen-bond acceptors (Lipinski definition) is 1. The van der Waals surface area contributed by atoms with Crippen molar-refractivity contribution in [1.82, 2.24) is 0 Å². The standard InChI is InChI=1S/C23H41NOSi/c1-5-19-17-20(16-18(19)2)23(22(24)25)15-13-11-9-7-6-8-10-12-14-21(23)26(3)4/h17,21,26H,5-16H2,1-4H3,(H2,24,25). The van der Waals surface area contributed by atoms with Gasteiger partial charge in [-0.1, -0.05) is 95.0 Å². The van der Waals surface area contributed by atoms with Crippen LogP contribution in [0.2, 0.25) is 18.6 Å². The van der Waals surface area contributed by atoms with Crippen molar-refractivity contribution in [3.8, 4) is 0 Å². The Balaban J connectivity index is 2.41. The molecule has 2 nitrogen and oxygen atoms in total. The van der Waals surface area contributed by atoms with Gasteiger partial charge in [-0.3, -0.25) is 4.79 Å². The van der Waals surface area contributed by atoms with Crippen molar-refractivity contribution >= 4 is 14.7 Å². The number of nitrogens with two attached hydrogens (primary N) is 1. The first kappa shape index (κ1) is 21.5. The van der Waals surface area contributed by atoms with Crippen LogP contribution in [0, 0.1) is 5.41 Å².